The third-order valence-electron chi connectivity index (χ3n) is 3.63. The van der Waals surface area contributed by atoms with Gasteiger partial charge in [-0.2, -0.15) is 4.98 Å². The molecule has 1 N–H and O–H groups in total. The van der Waals surface area contributed by atoms with Gasteiger partial charge in [-0.15, -0.1) is 11.3 Å². The van der Waals surface area contributed by atoms with Crippen molar-refractivity contribution in [3.63, 3.8) is 0 Å². The van der Waals surface area contributed by atoms with Crippen LogP contribution < -0.4 is 5.32 Å². The van der Waals surface area contributed by atoms with E-state index in [4.69, 9.17) is 8.94 Å². The summed E-state index contributed by atoms with van der Waals surface area (Å²) >= 11 is 1.59. The summed E-state index contributed by atoms with van der Waals surface area (Å²) in [5, 5.41) is 8.84. The van der Waals surface area contributed by atoms with Gasteiger partial charge in [0.15, 0.2) is 5.76 Å². The Morgan fingerprint density at radius 2 is 2.21 bits per heavy atom. The minimum atomic E-state index is -0.157. The first-order chi connectivity index (χ1) is 11.7. The molecule has 0 radical (unpaired) electrons. The van der Waals surface area contributed by atoms with Crippen LogP contribution in [-0.2, 0) is 6.42 Å². The van der Waals surface area contributed by atoms with Gasteiger partial charge in [-0.25, -0.2) is 0 Å². The summed E-state index contributed by atoms with van der Waals surface area (Å²) in [5.41, 5.74) is 0.852. The molecule has 6 nitrogen and oxygen atoms in total. The molecule has 0 saturated heterocycles. The van der Waals surface area contributed by atoms with Crippen LogP contribution in [0.5, 0.6) is 0 Å². The maximum Gasteiger partial charge on any atom is 0.287 e. The number of aryl methyl sites for hydroxylation is 2. The maximum absolute atomic E-state index is 11.9. The van der Waals surface area contributed by atoms with Crippen molar-refractivity contribution in [2.75, 3.05) is 6.54 Å². The van der Waals surface area contributed by atoms with Gasteiger partial charge >= 0.3 is 0 Å². The summed E-state index contributed by atoms with van der Waals surface area (Å²) in [5.74, 6) is 1.55. The van der Waals surface area contributed by atoms with Crippen LogP contribution in [0, 0.1) is 6.92 Å². The number of thiophene rings is 1. The Morgan fingerprint density at radius 3 is 2.96 bits per heavy atom. The molecule has 3 rings (SSSR count). The Bertz CT molecular complexity index is 777. The van der Waals surface area contributed by atoms with Crippen molar-refractivity contribution in [3.05, 3.63) is 47.1 Å². The summed E-state index contributed by atoms with van der Waals surface area (Å²) in [7, 11) is 0. The van der Waals surface area contributed by atoms with E-state index in [2.05, 4.69) is 15.5 Å². The van der Waals surface area contributed by atoms with Gasteiger partial charge in [0, 0.05) is 18.5 Å². The maximum atomic E-state index is 11.9. The van der Waals surface area contributed by atoms with E-state index in [1.807, 2.05) is 24.4 Å². The van der Waals surface area contributed by atoms with Gasteiger partial charge in [0.25, 0.3) is 5.91 Å². The average molecular weight is 345 g/mol. The third-order valence-corrected chi connectivity index (χ3v) is 4.50. The predicted octanol–water partition coefficient (Wildman–Crippen LogP) is 3.84. The molecule has 0 aliphatic rings. The molecule has 0 aliphatic carbocycles. The Morgan fingerprint density at radius 1 is 1.29 bits per heavy atom. The average Bonchev–Trinajstić information content (AvgIpc) is 3.30. The summed E-state index contributed by atoms with van der Waals surface area (Å²) in [6.45, 7) is 2.48. The predicted molar refractivity (Wildman–Crippen MR) is 90.9 cm³/mol. The number of rotatable bonds is 8. The number of carbonyl (C=O) groups excluding carboxylic acids is 1. The van der Waals surface area contributed by atoms with E-state index >= 15 is 0 Å². The smallest absolute Gasteiger partial charge is 0.287 e. The van der Waals surface area contributed by atoms with Crippen LogP contribution in [0.15, 0.2) is 38.8 Å². The summed E-state index contributed by atoms with van der Waals surface area (Å²) < 4.78 is 10.4. The summed E-state index contributed by atoms with van der Waals surface area (Å²) in [4.78, 5) is 17.3. The van der Waals surface area contributed by atoms with Gasteiger partial charge in [0.1, 0.15) is 0 Å². The lowest BCUT2D eigenvalue weighted by molar-refractivity contribution is 0.0924. The Labute approximate surface area is 143 Å². The topological polar surface area (TPSA) is 81.2 Å². The number of furan rings is 1. The van der Waals surface area contributed by atoms with Gasteiger partial charge in [-0.1, -0.05) is 17.6 Å². The van der Waals surface area contributed by atoms with Crippen molar-refractivity contribution in [3.8, 4) is 10.7 Å². The van der Waals surface area contributed by atoms with Crippen molar-refractivity contribution < 1.29 is 13.7 Å². The highest BCUT2D eigenvalue weighted by Crippen LogP contribution is 2.21. The highest BCUT2D eigenvalue weighted by Gasteiger charge is 2.11. The minimum Gasteiger partial charge on any atom is -0.459 e. The lowest BCUT2D eigenvalue weighted by atomic mass is 10.2. The highest BCUT2D eigenvalue weighted by atomic mass is 32.1. The van der Waals surface area contributed by atoms with Gasteiger partial charge in [0.05, 0.1) is 11.1 Å². The monoisotopic (exact) mass is 345 g/mol. The first-order valence-corrected chi connectivity index (χ1v) is 8.81. The van der Waals surface area contributed by atoms with Crippen LogP contribution in [0.2, 0.25) is 0 Å². The van der Waals surface area contributed by atoms with Crippen LogP contribution in [0.25, 0.3) is 10.7 Å². The zero-order valence-electron chi connectivity index (χ0n) is 13.4. The summed E-state index contributed by atoms with van der Waals surface area (Å²) in [6.07, 6.45) is 5.11. The second-order valence-corrected chi connectivity index (χ2v) is 6.44. The number of carbonyl (C=O) groups is 1. The van der Waals surface area contributed by atoms with E-state index in [-0.39, 0.29) is 5.91 Å². The largest absolute Gasteiger partial charge is 0.459 e. The molecule has 0 bridgehead atoms. The quantitative estimate of drug-likeness (QED) is 0.627. The van der Waals surface area contributed by atoms with Gasteiger partial charge < -0.3 is 14.3 Å². The minimum absolute atomic E-state index is 0.157. The molecule has 3 aromatic heterocycles. The second kappa shape index (κ2) is 7.92. The molecule has 3 aromatic rings. The van der Waals surface area contributed by atoms with Crippen LogP contribution in [0.4, 0.5) is 0 Å². The molecule has 0 unspecified atom stereocenters. The molecule has 0 aromatic carbocycles. The Balaban J connectivity index is 1.33. The Hall–Kier alpha value is -2.41. The fraction of sp³-hybridized carbons (Fsp3) is 0.353. The molecular weight excluding hydrogens is 326 g/mol. The fourth-order valence-corrected chi connectivity index (χ4v) is 2.98. The number of aromatic nitrogens is 2. The number of unbranched alkanes of at least 4 members (excludes halogenated alkanes) is 2. The molecule has 1 amide bonds. The van der Waals surface area contributed by atoms with Gasteiger partial charge in [0.2, 0.25) is 11.7 Å². The molecule has 7 heteroatoms. The SMILES string of the molecule is Cc1ccoc1C(=O)NCCCCCc1nc(-c2cccs2)no1. The zero-order chi connectivity index (χ0) is 16.8. The van der Waals surface area contributed by atoms with Crippen LogP contribution in [0.3, 0.4) is 0 Å². The van der Waals surface area contributed by atoms with Crippen LogP contribution in [-0.4, -0.2) is 22.6 Å². The molecule has 3 heterocycles. The van der Waals surface area contributed by atoms with Crippen molar-refractivity contribution in [1.82, 2.24) is 15.5 Å². The molecule has 126 valence electrons. The number of amides is 1. The van der Waals surface area contributed by atoms with Crippen molar-refractivity contribution in [2.24, 2.45) is 0 Å². The molecule has 0 fully saturated rings. The lowest BCUT2D eigenvalue weighted by Gasteiger charge is -2.03. The van der Waals surface area contributed by atoms with E-state index in [9.17, 15) is 4.79 Å². The van der Waals surface area contributed by atoms with E-state index in [0.717, 1.165) is 36.1 Å². The van der Waals surface area contributed by atoms with E-state index in [1.54, 1.807) is 17.4 Å². The number of hydrogen-bond acceptors (Lipinski definition) is 6. The number of nitrogens with zero attached hydrogens (tertiary/aromatic N) is 2. The molecule has 24 heavy (non-hydrogen) atoms. The number of nitrogens with one attached hydrogen (secondary N) is 1. The van der Waals surface area contributed by atoms with Crippen LogP contribution in [0.1, 0.15) is 41.3 Å². The first-order valence-electron chi connectivity index (χ1n) is 7.93. The third kappa shape index (κ3) is 4.11. The normalized spacial score (nSPS) is 10.9. The van der Waals surface area contributed by atoms with Crippen molar-refractivity contribution in [2.45, 2.75) is 32.6 Å². The molecule has 0 saturated carbocycles. The van der Waals surface area contributed by atoms with E-state index < -0.39 is 0 Å². The number of hydrogen-bond donors (Lipinski definition) is 1. The molecular formula is C17H19N3O3S. The standard InChI is InChI=1S/C17H19N3O3S/c1-12-8-10-22-15(12)17(21)18-9-4-2-3-7-14-19-16(20-23-14)13-6-5-11-24-13/h5-6,8,10-11H,2-4,7,9H2,1H3,(H,18,21). The molecule has 0 spiro atoms. The zero-order valence-corrected chi connectivity index (χ0v) is 14.3. The summed E-state index contributed by atoms with van der Waals surface area (Å²) in [6, 6.07) is 5.72. The van der Waals surface area contributed by atoms with Gasteiger partial charge in [-0.3, -0.25) is 4.79 Å². The van der Waals surface area contributed by atoms with E-state index in [1.165, 1.54) is 6.26 Å². The lowest BCUT2D eigenvalue weighted by Crippen LogP contribution is -2.24. The van der Waals surface area contributed by atoms with E-state index in [0.29, 0.717) is 24.0 Å². The molecule has 0 atom stereocenters. The van der Waals surface area contributed by atoms with Crippen LogP contribution >= 0.6 is 11.3 Å². The van der Waals surface area contributed by atoms with Crippen molar-refractivity contribution >= 4 is 17.2 Å². The highest BCUT2D eigenvalue weighted by molar-refractivity contribution is 7.13. The first kappa shape index (κ1) is 16.4. The molecule has 0 aliphatic heterocycles. The van der Waals surface area contributed by atoms with Crippen molar-refractivity contribution in [1.29, 1.82) is 0 Å². The fourth-order valence-electron chi connectivity index (χ4n) is 2.33. The second-order valence-electron chi connectivity index (χ2n) is 5.49. The Kier molecular flexibility index (Phi) is 5.43. The van der Waals surface area contributed by atoms with Gasteiger partial charge in [-0.05, 0) is 37.3 Å².